The molecule has 3 heteroatoms. The lowest BCUT2D eigenvalue weighted by Crippen LogP contribution is -2.29. The van der Waals surface area contributed by atoms with Crippen LogP contribution in [0.1, 0.15) is 24.0 Å². The molecule has 1 fully saturated rings. The van der Waals surface area contributed by atoms with E-state index in [-0.39, 0.29) is 0 Å². The molecule has 1 aliphatic rings. The lowest BCUT2D eigenvalue weighted by atomic mass is 10.1. The average molecular weight is 254 g/mol. The Hall–Kier alpha value is -0.730. The number of hydrogen-bond donors (Lipinski definition) is 0. The number of anilines is 1. The molecule has 0 bridgehead atoms. The molecule has 1 heterocycles. The van der Waals surface area contributed by atoms with Crippen molar-refractivity contribution in [3.8, 4) is 0 Å². The first-order valence-corrected chi connectivity index (χ1v) is 6.72. The van der Waals surface area contributed by atoms with Gasteiger partial charge in [0.1, 0.15) is 0 Å². The second kappa shape index (κ2) is 5.74. The van der Waals surface area contributed by atoms with E-state index in [2.05, 4.69) is 37.1 Å². The summed E-state index contributed by atoms with van der Waals surface area (Å²) in [4.78, 5) is 2.28. The Balaban J connectivity index is 2.04. The number of halogens is 1. The SMILES string of the molecule is Cc1cc(CCl)ccc1N(C)CC1CCCO1. The number of likely N-dealkylation sites (N-methyl/N-ethyl adjacent to an activating group) is 1. The third-order valence-electron chi connectivity index (χ3n) is 3.33. The Morgan fingerprint density at radius 2 is 2.29 bits per heavy atom. The molecule has 0 radical (unpaired) electrons. The van der Waals surface area contributed by atoms with Crippen molar-refractivity contribution in [3.63, 3.8) is 0 Å². The van der Waals surface area contributed by atoms with Gasteiger partial charge in [-0.05, 0) is 37.0 Å². The average Bonchev–Trinajstić information content (AvgIpc) is 2.81. The van der Waals surface area contributed by atoms with Crippen LogP contribution in [0.2, 0.25) is 0 Å². The van der Waals surface area contributed by atoms with E-state index in [4.69, 9.17) is 16.3 Å². The molecule has 17 heavy (non-hydrogen) atoms. The van der Waals surface area contributed by atoms with Gasteiger partial charge in [0.2, 0.25) is 0 Å². The summed E-state index contributed by atoms with van der Waals surface area (Å²) in [6.07, 6.45) is 2.78. The van der Waals surface area contributed by atoms with Crippen LogP contribution in [-0.2, 0) is 10.6 Å². The minimum atomic E-state index is 0.395. The van der Waals surface area contributed by atoms with Crippen LogP contribution in [0.5, 0.6) is 0 Å². The molecule has 0 saturated carbocycles. The Labute approximate surface area is 109 Å². The van der Waals surface area contributed by atoms with E-state index in [0.717, 1.165) is 13.2 Å². The van der Waals surface area contributed by atoms with Gasteiger partial charge in [-0.15, -0.1) is 11.6 Å². The normalized spacial score (nSPS) is 19.6. The van der Waals surface area contributed by atoms with Gasteiger partial charge >= 0.3 is 0 Å². The number of benzene rings is 1. The summed E-state index contributed by atoms with van der Waals surface area (Å²) in [5.74, 6) is 0.580. The topological polar surface area (TPSA) is 12.5 Å². The number of aryl methyl sites for hydroxylation is 1. The van der Waals surface area contributed by atoms with Crippen LogP contribution in [-0.4, -0.2) is 26.3 Å². The molecule has 1 atom stereocenters. The number of nitrogens with zero attached hydrogens (tertiary/aromatic N) is 1. The molecule has 1 saturated heterocycles. The molecule has 0 N–H and O–H groups in total. The van der Waals surface area contributed by atoms with Crippen LogP contribution < -0.4 is 4.90 Å². The molecule has 0 amide bonds. The summed E-state index contributed by atoms with van der Waals surface area (Å²) in [7, 11) is 2.13. The Bertz CT molecular complexity index is 374. The van der Waals surface area contributed by atoms with Gasteiger partial charge in [-0.1, -0.05) is 12.1 Å². The lowest BCUT2D eigenvalue weighted by Gasteiger charge is -2.24. The minimum Gasteiger partial charge on any atom is -0.376 e. The lowest BCUT2D eigenvalue weighted by molar-refractivity contribution is 0.116. The summed E-state index contributed by atoms with van der Waals surface area (Å²) in [6.45, 7) is 4.03. The van der Waals surface area contributed by atoms with Crippen molar-refractivity contribution in [3.05, 3.63) is 29.3 Å². The number of rotatable bonds is 4. The van der Waals surface area contributed by atoms with Gasteiger partial charge in [-0.2, -0.15) is 0 Å². The fraction of sp³-hybridized carbons (Fsp3) is 0.571. The molecule has 0 aliphatic carbocycles. The zero-order chi connectivity index (χ0) is 12.3. The Kier molecular flexibility index (Phi) is 4.30. The van der Waals surface area contributed by atoms with Gasteiger partial charge < -0.3 is 9.64 Å². The first-order valence-electron chi connectivity index (χ1n) is 6.19. The third kappa shape index (κ3) is 3.14. The number of alkyl halides is 1. The largest absolute Gasteiger partial charge is 0.376 e. The van der Waals surface area contributed by atoms with E-state index in [1.165, 1.54) is 29.7 Å². The van der Waals surface area contributed by atoms with Crippen molar-refractivity contribution < 1.29 is 4.74 Å². The van der Waals surface area contributed by atoms with Crippen LogP contribution >= 0.6 is 11.6 Å². The Morgan fingerprint density at radius 3 is 2.88 bits per heavy atom. The van der Waals surface area contributed by atoms with Crippen molar-refractivity contribution in [2.75, 3.05) is 25.1 Å². The maximum absolute atomic E-state index is 5.83. The predicted molar refractivity (Wildman–Crippen MR) is 73.0 cm³/mol. The van der Waals surface area contributed by atoms with Crippen molar-refractivity contribution in [2.45, 2.75) is 31.7 Å². The highest BCUT2D eigenvalue weighted by Crippen LogP contribution is 2.23. The van der Waals surface area contributed by atoms with E-state index >= 15 is 0 Å². The maximum atomic E-state index is 5.83. The highest BCUT2D eigenvalue weighted by atomic mass is 35.5. The second-order valence-corrected chi connectivity index (χ2v) is 5.04. The van der Waals surface area contributed by atoms with E-state index < -0.39 is 0 Å². The fourth-order valence-corrected chi connectivity index (χ4v) is 2.59. The van der Waals surface area contributed by atoms with Crippen molar-refractivity contribution in [2.24, 2.45) is 0 Å². The molecule has 0 aromatic heterocycles. The van der Waals surface area contributed by atoms with E-state index in [1.807, 2.05) is 0 Å². The van der Waals surface area contributed by atoms with Gasteiger partial charge in [0.25, 0.3) is 0 Å². The highest BCUT2D eigenvalue weighted by Gasteiger charge is 2.18. The molecule has 1 unspecified atom stereocenters. The van der Waals surface area contributed by atoms with Crippen LogP contribution in [0.15, 0.2) is 18.2 Å². The zero-order valence-corrected chi connectivity index (χ0v) is 11.3. The van der Waals surface area contributed by atoms with Crippen molar-refractivity contribution in [1.29, 1.82) is 0 Å². The molecule has 2 rings (SSSR count). The van der Waals surface area contributed by atoms with Crippen LogP contribution in [0.25, 0.3) is 0 Å². The first-order chi connectivity index (χ1) is 8.20. The molecule has 0 spiro atoms. The standard InChI is InChI=1S/C14H20ClNO/c1-11-8-12(9-15)5-6-14(11)16(2)10-13-4-3-7-17-13/h5-6,8,13H,3-4,7,9-10H2,1-2H3. The summed E-state index contributed by atoms with van der Waals surface area (Å²) in [6, 6.07) is 6.41. The highest BCUT2D eigenvalue weighted by molar-refractivity contribution is 6.17. The number of hydrogen-bond acceptors (Lipinski definition) is 2. The summed E-state index contributed by atoms with van der Waals surface area (Å²) in [5.41, 5.74) is 3.73. The van der Waals surface area contributed by atoms with Gasteiger partial charge in [-0.3, -0.25) is 0 Å². The molecule has 2 nitrogen and oxygen atoms in total. The molecular weight excluding hydrogens is 234 g/mol. The second-order valence-electron chi connectivity index (χ2n) is 4.77. The molecule has 1 aromatic carbocycles. The smallest absolute Gasteiger partial charge is 0.0750 e. The van der Waals surface area contributed by atoms with Crippen LogP contribution in [0.3, 0.4) is 0 Å². The van der Waals surface area contributed by atoms with Crippen LogP contribution in [0.4, 0.5) is 5.69 Å². The summed E-state index contributed by atoms with van der Waals surface area (Å²) >= 11 is 5.83. The summed E-state index contributed by atoms with van der Waals surface area (Å²) in [5, 5.41) is 0. The minimum absolute atomic E-state index is 0.395. The Morgan fingerprint density at radius 1 is 1.47 bits per heavy atom. The molecular formula is C14H20ClNO. The van der Waals surface area contributed by atoms with Crippen molar-refractivity contribution in [1.82, 2.24) is 0 Å². The summed E-state index contributed by atoms with van der Waals surface area (Å²) < 4.78 is 5.67. The van der Waals surface area contributed by atoms with Gasteiger partial charge in [0.15, 0.2) is 0 Å². The quantitative estimate of drug-likeness (QED) is 0.763. The zero-order valence-electron chi connectivity index (χ0n) is 10.6. The van der Waals surface area contributed by atoms with E-state index in [1.54, 1.807) is 0 Å². The van der Waals surface area contributed by atoms with E-state index in [9.17, 15) is 0 Å². The van der Waals surface area contributed by atoms with Gasteiger partial charge in [0.05, 0.1) is 6.10 Å². The predicted octanol–water partition coefficient (Wildman–Crippen LogP) is 3.35. The van der Waals surface area contributed by atoms with E-state index in [0.29, 0.717) is 12.0 Å². The fourth-order valence-electron chi connectivity index (χ4n) is 2.42. The third-order valence-corrected chi connectivity index (χ3v) is 3.64. The number of ether oxygens (including phenoxy) is 1. The molecule has 1 aliphatic heterocycles. The van der Waals surface area contributed by atoms with Gasteiger partial charge in [-0.25, -0.2) is 0 Å². The molecule has 1 aromatic rings. The van der Waals surface area contributed by atoms with Crippen molar-refractivity contribution >= 4 is 17.3 Å². The first kappa shape index (κ1) is 12.7. The van der Waals surface area contributed by atoms with Crippen LogP contribution in [0, 0.1) is 6.92 Å². The monoisotopic (exact) mass is 253 g/mol. The van der Waals surface area contributed by atoms with Gasteiger partial charge in [0, 0.05) is 31.8 Å². The molecule has 94 valence electrons. The maximum Gasteiger partial charge on any atom is 0.0750 e.